The molecule has 0 amide bonds. The number of aliphatic hydroxyl groups is 1. The lowest BCUT2D eigenvalue weighted by molar-refractivity contribution is -0.146. The van der Waals surface area contributed by atoms with Crippen LogP contribution in [0.3, 0.4) is 0 Å². The van der Waals surface area contributed by atoms with Gasteiger partial charge in [-0.15, -0.1) is 0 Å². The minimum absolute atomic E-state index is 0.150. The third-order valence-electron chi connectivity index (χ3n) is 2.11. The van der Waals surface area contributed by atoms with E-state index < -0.39 is 12.1 Å². The molecule has 0 heterocycles. The van der Waals surface area contributed by atoms with Crippen molar-refractivity contribution in [3.63, 3.8) is 0 Å². The molecule has 0 aliphatic carbocycles. The lowest BCUT2D eigenvalue weighted by Gasteiger charge is -2.10. The molecule has 2 N–H and O–H groups in total. The van der Waals surface area contributed by atoms with Gasteiger partial charge in [0.2, 0.25) is 0 Å². The quantitative estimate of drug-likeness (QED) is 0.733. The number of hydrogen-bond acceptors (Lipinski definition) is 3. The van der Waals surface area contributed by atoms with E-state index in [4.69, 9.17) is 5.11 Å². The van der Waals surface area contributed by atoms with Gasteiger partial charge in [0.05, 0.1) is 0 Å². The summed E-state index contributed by atoms with van der Waals surface area (Å²) in [5.74, 6) is -1.53. The number of aliphatic hydroxyl groups excluding tert-OH is 1. The molecule has 0 spiro atoms. The van der Waals surface area contributed by atoms with E-state index in [2.05, 4.69) is 0 Å². The topological polar surface area (TPSA) is 74.6 Å². The fourth-order valence-corrected chi connectivity index (χ4v) is 1.31. The number of carboxylic acid groups (broad SMARTS) is 1. The predicted octanol–water partition coefficient (Wildman–Crippen LogP) is 1.40. The molecule has 0 saturated heterocycles. The monoisotopic (exact) mass is 208 g/mol. The van der Waals surface area contributed by atoms with E-state index >= 15 is 0 Å². The van der Waals surface area contributed by atoms with Crippen molar-refractivity contribution in [3.05, 3.63) is 35.4 Å². The van der Waals surface area contributed by atoms with E-state index in [0.717, 1.165) is 0 Å². The van der Waals surface area contributed by atoms with Crippen molar-refractivity contribution in [2.24, 2.45) is 0 Å². The standard InChI is InChI=1S/C11H12O4/c1-2-9(12)7-5-3-4-6-8(7)10(13)11(14)15/h3-6,10,13H,2H2,1H3,(H,14,15). The summed E-state index contributed by atoms with van der Waals surface area (Å²) in [7, 11) is 0. The number of benzene rings is 1. The maximum absolute atomic E-state index is 11.5. The Hall–Kier alpha value is -1.68. The minimum atomic E-state index is -1.64. The Morgan fingerprint density at radius 2 is 1.93 bits per heavy atom. The summed E-state index contributed by atoms with van der Waals surface area (Å²) in [4.78, 5) is 22.1. The highest BCUT2D eigenvalue weighted by atomic mass is 16.4. The van der Waals surface area contributed by atoms with Gasteiger partial charge >= 0.3 is 5.97 Å². The summed E-state index contributed by atoms with van der Waals surface area (Å²) < 4.78 is 0. The Labute approximate surface area is 87.2 Å². The van der Waals surface area contributed by atoms with Crippen molar-refractivity contribution in [1.82, 2.24) is 0 Å². The molecule has 1 aromatic rings. The maximum atomic E-state index is 11.5. The van der Waals surface area contributed by atoms with Crippen LogP contribution in [-0.2, 0) is 4.79 Å². The van der Waals surface area contributed by atoms with Crippen LogP contribution in [0.1, 0.15) is 35.4 Å². The van der Waals surface area contributed by atoms with Crippen LogP contribution in [-0.4, -0.2) is 22.0 Å². The highest BCUT2D eigenvalue weighted by molar-refractivity contribution is 5.98. The average Bonchev–Trinajstić information content (AvgIpc) is 2.27. The van der Waals surface area contributed by atoms with E-state index in [1.165, 1.54) is 12.1 Å². The molecule has 1 unspecified atom stereocenters. The Kier molecular flexibility index (Phi) is 3.57. The fraction of sp³-hybridized carbons (Fsp3) is 0.273. The van der Waals surface area contributed by atoms with E-state index in [-0.39, 0.29) is 23.3 Å². The molecule has 0 bridgehead atoms. The first-order chi connectivity index (χ1) is 7.07. The van der Waals surface area contributed by atoms with E-state index in [9.17, 15) is 14.7 Å². The van der Waals surface area contributed by atoms with Crippen LogP contribution in [0.2, 0.25) is 0 Å². The summed E-state index contributed by atoms with van der Waals surface area (Å²) >= 11 is 0. The summed E-state index contributed by atoms with van der Waals surface area (Å²) in [6, 6.07) is 6.20. The fourth-order valence-electron chi connectivity index (χ4n) is 1.31. The molecule has 0 radical (unpaired) electrons. The van der Waals surface area contributed by atoms with Gasteiger partial charge in [0.1, 0.15) is 0 Å². The Bertz CT molecular complexity index is 384. The van der Waals surface area contributed by atoms with Gasteiger partial charge in [-0.2, -0.15) is 0 Å². The van der Waals surface area contributed by atoms with Crippen molar-refractivity contribution in [3.8, 4) is 0 Å². The van der Waals surface area contributed by atoms with Gasteiger partial charge in [0, 0.05) is 17.5 Å². The Morgan fingerprint density at radius 1 is 1.33 bits per heavy atom. The lowest BCUT2D eigenvalue weighted by Crippen LogP contribution is -2.14. The number of aliphatic carboxylic acids is 1. The third kappa shape index (κ3) is 2.41. The zero-order valence-corrected chi connectivity index (χ0v) is 8.30. The van der Waals surface area contributed by atoms with Crippen LogP contribution >= 0.6 is 0 Å². The molecular weight excluding hydrogens is 196 g/mol. The number of carboxylic acids is 1. The predicted molar refractivity (Wildman–Crippen MR) is 53.7 cm³/mol. The van der Waals surface area contributed by atoms with Gasteiger partial charge in [0.25, 0.3) is 0 Å². The second-order valence-electron chi connectivity index (χ2n) is 3.10. The molecular formula is C11H12O4. The molecule has 0 aliphatic rings. The van der Waals surface area contributed by atoms with Crippen molar-refractivity contribution in [2.75, 3.05) is 0 Å². The van der Waals surface area contributed by atoms with Crippen LogP contribution in [0.15, 0.2) is 24.3 Å². The minimum Gasteiger partial charge on any atom is -0.479 e. The van der Waals surface area contributed by atoms with Crippen molar-refractivity contribution in [1.29, 1.82) is 0 Å². The second kappa shape index (κ2) is 4.70. The SMILES string of the molecule is CCC(=O)c1ccccc1C(O)C(=O)O. The molecule has 4 nitrogen and oxygen atoms in total. The van der Waals surface area contributed by atoms with Crippen molar-refractivity contribution >= 4 is 11.8 Å². The summed E-state index contributed by atoms with van der Waals surface area (Å²) in [6.45, 7) is 1.69. The number of carbonyl (C=O) groups is 2. The summed E-state index contributed by atoms with van der Waals surface area (Å²) in [6.07, 6.45) is -1.36. The molecule has 0 aliphatic heterocycles. The van der Waals surface area contributed by atoms with E-state index in [0.29, 0.717) is 0 Å². The molecule has 80 valence electrons. The summed E-state index contributed by atoms with van der Waals surface area (Å²) in [5.41, 5.74) is 0.423. The zero-order chi connectivity index (χ0) is 11.4. The molecule has 15 heavy (non-hydrogen) atoms. The number of carbonyl (C=O) groups excluding carboxylic acids is 1. The first-order valence-corrected chi connectivity index (χ1v) is 4.61. The van der Waals surface area contributed by atoms with Crippen LogP contribution in [0.4, 0.5) is 0 Å². The smallest absolute Gasteiger partial charge is 0.337 e. The van der Waals surface area contributed by atoms with Gasteiger partial charge < -0.3 is 10.2 Å². The molecule has 0 aromatic heterocycles. The molecule has 4 heteroatoms. The van der Waals surface area contributed by atoms with Crippen LogP contribution in [0.25, 0.3) is 0 Å². The van der Waals surface area contributed by atoms with Crippen molar-refractivity contribution in [2.45, 2.75) is 19.4 Å². The Morgan fingerprint density at radius 3 is 2.47 bits per heavy atom. The Balaban J connectivity index is 3.17. The van der Waals surface area contributed by atoms with Crippen LogP contribution in [0, 0.1) is 0 Å². The number of Topliss-reactive ketones (excluding diaryl/α,β-unsaturated/α-hetero) is 1. The van der Waals surface area contributed by atoms with E-state index in [1.807, 2.05) is 0 Å². The largest absolute Gasteiger partial charge is 0.479 e. The first-order valence-electron chi connectivity index (χ1n) is 4.61. The van der Waals surface area contributed by atoms with Crippen LogP contribution in [0.5, 0.6) is 0 Å². The lowest BCUT2D eigenvalue weighted by atomic mass is 9.98. The number of hydrogen-bond donors (Lipinski definition) is 2. The molecule has 0 fully saturated rings. The number of ketones is 1. The average molecular weight is 208 g/mol. The molecule has 1 aromatic carbocycles. The van der Waals surface area contributed by atoms with Crippen LogP contribution < -0.4 is 0 Å². The van der Waals surface area contributed by atoms with Crippen molar-refractivity contribution < 1.29 is 19.8 Å². The third-order valence-corrected chi connectivity index (χ3v) is 2.11. The zero-order valence-electron chi connectivity index (χ0n) is 8.30. The first kappa shape index (κ1) is 11.4. The van der Waals surface area contributed by atoms with E-state index in [1.54, 1.807) is 19.1 Å². The van der Waals surface area contributed by atoms with Gasteiger partial charge in [-0.3, -0.25) is 4.79 Å². The molecule has 1 rings (SSSR count). The summed E-state index contributed by atoms with van der Waals surface area (Å²) in [5, 5.41) is 18.0. The second-order valence-corrected chi connectivity index (χ2v) is 3.10. The van der Waals surface area contributed by atoms with Gasteiger partial charge in [-0.25, -0.2) is 4.79 Å². The van der Waals surface area contributed by atoms with Gasteiger partial charge in [-0.1, -0.05) is 31.2 Å². The molecule has 0 saturated carbocycles. The highest BCUT2D eigenvalue weighted by Gasteiger charge is 2.21. The molecule has 1 atom stereocenters. The highest BCUT2D eigenvalue weighted by Crippen LogP contribution is 2.19. The normalized spacial score (nSPS) is 12.1. The number of rotatable bonds is 4. The van der Waals surface area contributed by atoms with Gasteiger partial charge in [0.15, 0.2) is 11.9 Å². The van der Waals surface area contributed by atoms with Gasteiger partial charge in [-0.05, 0) is 0 Å². The maximum Gasteiger partial charge on any atom is 0.337 e.